The van der Waals surface area contributed by atoms with E-state index in [1.165, 1.54) is 22.3 Å². The molecule has 2 aliphatic rings. The summed E-state index contributed by atoms with van der Waals surface area (Å²) in [5.74, 6) is -0.0418. The molecule has 6 aromatic carbocycles. The number of anilines is 2. The summed E-state index contributed by atoms with van der Waals surface area (Å²) in [5.41, 5.74) is 10.9. The van der Waals surface area contributed by atoms with E-state index in [0.717, 1.165) is 29.1 Å². The third-order valence-corrected chi connectivity index (χ3v) is 9.97. The molecule has 2 N–H and O–H groups in total. The van der Waals surface area contributed by atoms with Gasteiger partial charge in [-0.3, -0.25) is 9.28 Å². The van der Waals surface area contributed by atoms with Crippen LogP contribution in [0.4, 0.5) is 11.4 Å². The maximum absolute atomic E-state index is 13.3. The second-order valence-corrected chi connectivity index (χ2v) is 13.2. The number of hydrogen-bond donors (Lipinski definition) is 2. The molecule has 0 spiro atoms. The molecular formula is C43H38B2N3O3+. The quantitative estimate of drug-likeness (QED) is 0.133. The van der Waals surface area contributed by atoms with Crippen LogP contribution >= 0.6 is 0 Å². The van der Waals surface area contributed by atoms with Gasteiger partial charge in [-0.05, 0) is 59.9 Å². The summed E-state index contributed by atoms with van der Waals surface area (Å²) in [5, 5.41) is 15.0. The minimum absolute atomic E-state index is 0.0165. The second kappa shape index (κ2) is 14.3. The van der Waals surface area contributed by atoms with Crippen molar-refractivity contribution in [2.24, 2.45) is 0 Å². The van der Waals surface area contributed by atoms with Crippen molar-refractivity contribution >= 4 is 47.9 Å². The van der Waals surface area contributed by atoms with Gasteiger partial charge in [0.25, 0.3) is 0 Å². The molecule has 0 saturated carbocycles. The lowest BCUT2D eigenvalue weighted by molar-refractivity contribution is -0.435. The Kier molecular flexibility index (Phi) is 9.10. The predicted molar refractivity (Wildman–Crippen MR) is 207 cm³/mol. The number of para-hydroxylation sites is 2. The summed E-state index contributed by atoms with van der Waals surface area (Å²) < 4.78 is 8.84. The van der Waals surface area contributed by atoms with Gasteiger partial charge in [0, 0.05) is 46.6 Å². The van der Waals surface area contributed by atoms with Gasteiger partial charge in [-0.1, -0.05) is 121 Å². The largest absolute Gasteiger partial charge is 0.648 e. The zero-order valence-electron chi connectivity index (χ0n) is 28.5. The fourth-order valence-electron chi connectivity index (χ4n) is 7.54. The Morgan fingerprint density at radius 3 is 2.33 bits per heavy atom. The lowest BCUT2D eigenvalue weighted by atomic mass is 9.63. The molecular weight excluding hydrogens is 628 g/mol. The number of nitrogens with one attached hydrogen (secondary N) is 1. The lowest BCUT2D eigenvalue weighted by Gasteiger charge is -2.32. The number of carbonyl (C=O) groups is 1. The minimum atomic E-state index is -1.14. The molecule has 2 aliphatic heterocycles. The Balaban J connectivity index is 1.07. The van der Waals surface area contributed by atoms with Crippen LogP contribution < -0.4 is 21.1 Å². The maximum atomic E-state index is 13.3. The highest BCUT2D eigenvalue weighted by Gasteiger charge is 2.54. The van der Waals surface area contributed by atoms with Gasteiger partial charge >= 0.3 is 14.1 Å². The highest BCUT2D eigenvalue weighted by Crippen LogP contribution is 2.34. The van der Waals surface area contributed by atoms with Crippen LogP contribution in [-0.4, -0.2) is 47.8 Å². The Morgan fingerprint density at radius 1 is 0.824 bits per heavy atom. The van der Waals surface area contributed by atoms with Crippen LogP contribution in [0.2, 0.25) is 0 Å². The molecule has 8 rings (SSSR count). The van der Waals surface area contributed by atoms with Crippen LogP contribution in [0.15, 0.2) is 158 Å². The lowest BCUT2D eigenvalue weighted by Crippen LogP contribution is -2.60. The van der Waals surface area contributed by atoms with E-state index < -0.39 is 7.12 Å². The molecule has 0 amide bonds. The average Bonchev–Trinajstić information content (AvgIpc) is 3.59. The zero-order valence-corrected chi connectivity index (χ0v) is 28.5. The first-order valence-electron chi connectivity index (χ1n) is 17.5. The number of ketones is 1. The molecule has 51 heavy (non-hydrogen) atoms. The van der Waals surface area contributed by atoms with Crippen LogP contribution in [0.3, 0.4) is 0 Å². The Labute approximate surface area is 300 Å². The molecule has 2 heterocycles. The van der Waals surface area contributed by atoms with E-state index in [1.54, 1.807) is 0 Å². The second-order valence-electron chi connectivity index (χ2n) is 13.2. The highest BCUT2D eigenvalue weighted by molar-refractivity contribution is 6.73. The number of fused-ring (bicyclic) bond motifs is 5. The number of benzene rings is 6. The number of nitrogens with zero attached hydrogens (tertiary/aromatic N) is 2. The standard InChI is InChI=1S/C43H37B2N3O3/c1-31(48-42(32-16-4-2-5-17-32)37-23-11-15-27-41(37)47-29-35-21-9-12-24-38(35)44(47)48)30-51-45(50)39-25-13-8-20-34(39)28-46-40-26-14-10-22-36(40)43(49)33-18-6-3-7-19-33/h2-27,31,50H,28-30H2,1H3/p+1. The molecule has 0 saturated heterocycles. The first-order valence-corrected chi connectivity index (χ1v) is 17.5. The van der Waals surface area contributed by atoms with Gasteiger partial charge in [-0.25, -0.2) is 0 Å². The molecule has 6 aromatic rings. The van der Waals surface area contributed by atoms with E-state index >= 15 is 0 Å². The van der Waals surface area contributed by atoms with Crippen molar-refractivity contribution in [3.8, 4) is 0 Å². The number of rotatable bonds is 11. The molecule has 1 atom stereocenters. The molecule has 0 fully saturated rings. The van der Waals surface area contributed by atoms with Gasteiger partial charge in [0.2, 0.25) is 0 Å². The molecule has 6 nitrogen and oxygen atoms in total. The van der Waals surface area contributed by atoms with Crippen molar-refractivity contribution in [3.05, 3.63) is 191 Å². The third-order valence-electron chi connectivity index (χ3n) is 9.97. The zero-order chi connectivity index (χ0) is 34.7. The van der Waals surface area contributed by atoms with Crippen molar-refractivity contribution in [2.45, 2.75) is 26.1 Å². The van der Waals surface area contributed by atoms with Gasteiger partial charge in [0.05, 0.1) is 12.2 Å². The van der Waals surface area contributed by atoms with E-state index in [2.05, 4.69) is 100 Å². The smallest absolute Gasteiger partial charge is 0.423 e. The van der Waals surface area contributed by atoms with E-state index in [4.69, 9.17) is 4.65 Å². The van der Waals surface area contributed by atoms with Crippen LogP contribution in [0.1, 0.15) is 45.1 Å². The molecule has 0 aromatic heterocycles. The molecule has 0 aliphatic carbocycles. The third kappa shape index (κ3) is 6.29. The molecule has 248 valence electrons. The molecule has 8 heteroatoms. The van der Waals surface area contributed by atoms with Crippen LogP contribution in [0.25, 0.3) is 0 Å². The Hall–Kier alpha value is -5.69. The highest BCUT2D eigenvalue weighted by atomic mass is 16.5. The van der Waals surface area contributed by atoms with Crippen LogP contribution in [0.5, 0.6) is 0 Å². The maximum Gasteiger partial charge on any atom is 0.648 e. The van der Waals surface area contributed by atoms with E-state index in [0.29, 0.717) is 29.7 Å². The SMILES string of the molecule is CC(COB(O)c1ccccc1CNc1ccccc1C(=O)c1ccccc1)[N+]1=C(c2ccccc2)c2ccccc2N2Cc3ccccc3B21. The van der Waals surface area contributed by atoms with E-state index in [1.807, 2.05) is 78.9 Å². The van der Waals surface area contributed by atoms with Gasteiger partial charge < -0.3 is 19.8 Å². The van der Waals surface area contributed by atoms with Gasteiger partial charge in [-0.15, -0.1) is 0 Å². The first kappa shape index (κ1) is 32.5. The van der Waals surface area contributed by atoms with Gasteiger partial charge in [0.15, 0.2) is 17.5 Å². The number of hydrogen-bond acceptors (Lipinski definition) is 5. The minimum Gasteiger partial charge on any atom is -0.423 e. The fourth-order valence-corrected chi connectivity index (χ4v) is 7.54. The summed E-state index contributed by atoms with van der Waals surface area (Å²) in [7, 11) is -1.14. The molecule has 0 bridgehead atoms. The van der Waals surface area contributed by atoms with Crippen LogP contribution in [-0.2, 0) is 17.7 Å². The Bertz CT molecular complexity index is 2230. The predicted octanol–water partition coefficient (Wildman–Crippen LogP) is 5.90. The van der Waals surface area contributed by atoms with Crippen molar-refractivity contribution in [1.82, 2.24) is 0 Å². The van der Waals surface area contributed by atoms with Crippen molar-refractivity contribution in [3.63, 3.8) is 0 Å². The first-order chi connectivity index (χ1) is 25.1. The van der Waals surface area contributed by atoms with Crippen LogP contribution in [0, 0.1) is 0 Å². The average molecular weight is 666 g/mol. The summed E-state index contributed by atoms with van der Waals surface area (Å²) >= 11 is 0. The molecule has 1 unspecified atom stereocenters. The van der Waals surface area contributed by atoms with Gasteiger partial charge in [0.1, 0.15) is 0 Å². The van der Waals surface area contributed by atoms with E-state index in [9.17, 15) is 9.82 Å². The summed E-state index contributed by atoms with van der Waals surface area (Å²) in [6, 6.07) is 52.4. The summed E-state index contributed by atoms with van der Waals surface area (Å²) in [4.78, 5) is 15.8. The summed E-state index contributed by atoms with van der Waals surface area (Å²) in [6.45, 7) is 3.69. The van der Waals surface area contributed by atoms with Crippen molar-refractivity contribution in [1.29, 1.82) is 0 Å². The van der Waals surface area contributed by atoms with Gasteiger partial charge in [-0.2, -0.15) is 0 Å². The summed E-state index contributed by atoms with van der Waals surface area (Å²) in [6.07, 6.45) is 0. The van der Waals surface area contributed by atoms with Crippen molar-refractivity contribution in [2.75, 3.05) is 16.7 Å². The van der Waals surface area contributed by atoms with Crippen molar-refractivity contribution < 1.29 is 19.0 Å². The molecule has 0 radical (unpaired) electrons. The van der Waals surface area contributed by atoms with E-state index in [-0.39, 0.29) is 18.8 Å². The topological polar surface area (TPSA) is 64.8 Å². The fraction of sp³-hybridized carbons (Fsp3) is 0.116. The monoisotopic (exact) mass is 666 g/mol. The normalized spacial score (nSPS) is 13.7. The Morgan fingerprint density at radius 2 is 1.49 bits per heavy atom. The number of carbonyl (C=O) groups excluding carboxylic acids is 1.